The fourth-order valence-electron chi connectivity index (χ4n) is 2.81. The van der Waals surface area contributed by atoms with E-state index in [0.717, 1.165) is 5.56 Å². The third-order valence-electron chi connectivity index (χ3n) is 4.04. The monoisotopic (exact) mass is 374 g/mol. The van der Waals surface area contributed by atoms with Crippen molar-refractivity contribution in [2.45, 2.75) is 6.54 Å². The molecule has 0 bridgehead atoms. The van der Waals surface area contributed by atoms with Crippen LogP contribution in [0.15, 0.2) is 67.8 Å². The zero-order valence-corrected chi connectivity index (χ0v) is 15.0. The number of amides is 2. The molecule has 28 heavy (non-hydrogen) atoms. The number of aromatic nitrogens is 6. The second-order valence-corrected chi connectivity index (χ2v) is 5.95. The lowest BCUT2D eigenvalue weighted by Gasteiger charge is -2.09. The third kappa shape index (κ3) is 3.45. The standard InChI is InChI=1S/C19H18N8O/c1-2-9-20-18(28)25-16-15-17(22-13-21-16)26(12-14-7-4-3-5-8-14)19(24-15)27-11-6-10-23-27/h2-8,10-11,13H,1,9,12H2,(H2,20,21,22,25,28). The normalized spacial score (nSPS) is 10.7. The van der Waals surface area contributed by atoms with Crippen LogP contribution in [0.3, 0.4) is 0 Å². The number of carbonyl (C=O) groups is 1. The van der Waals surface area contributed by atoms with Gasteiger partial charge in [-0.2, -0.15) is 5.10 Å². The van der Waals surface area contributed by atoms with E-state index in [4.69, 9.17) is 0 Å². The number of fused-ring (bicyclic) bond motifs is 1. The van der Waals surface area contributed by atoms with Crippen molar-refractivity contribution in [3.8, 4) is 5.95 Å². The molecule has 2 amide bonds. The van der Waals surface area contributed by atoms with Crippen molar-refractivity contribution in [3.63, 3.8) is 0 Å². The summed E-state index contributed by atoms with van der Waals surface area (Å²) in [7, 11) is 0. The number of nitrogens with one attached hydrogen (secondary N) is 2. The zero-order valence-electron chi connectivity index (χ0n) is 15.0. The molecule has 0 aliphatic rings. The van der Waals surface area contributed by atoms with Crippen molar-refractivity contribution in [2.24, 2.45) is 0 Å². The summed E-state index contributed by atoms with van der Waals surface area (Å²) < 4.78 is 3.60. The predicted octanol–water partition coefficient (Wildman–Crippen LogP) is 2.37. The fraction of sp³-hybridized carbons (Fsp3) is 0.105. The van der Waals surface area contributed by atoms with Gasteiger partial charge >= 0.3 is 6.03 Å². The highest BCUT2D eigenvalue weighted by Crippen LogP contribution is 2.23. The lowest BCUT2D eigenvalue weighted by atomic mass is 10.2. The van der Waals surface area contributed by atoms with E-state index in [9.17, 15) is 4.79 Å². The van der Waals surface area contributed by atoms with Gasteiger partial charge in [-0.25, -0.2) is 24.4 Å². The van der Waals surface area contributed by atoms with E-state index >= 15 is 0 Å². The molecule has 4 aromatic rings. The van der Waals surface area contributed by atoms with Crippen molar-refractivity contribution >= 4 is 23.0 Å². The highest BCUT2D eigenvalue weighted by molar-refractivity contribution is 5.96. The van der Waals surface area contributed by atoms with E-state index in [1.165, 1.54) is 6.33 Å². The van der Waals surface area contributed by atoms with Gasteiger partial charge in [-0.05, 0) is 11.6 Å². The molecule has 1 aromatic carbocycles. The van der Waals surface area contributed by atoms with Crippen LogP contribution in [0.5, 0.6) is 0 Å². The van der Waals surface area contributed by atoms with Crippen LogP contribution in [-0.4, -0.2) is 41.9 Å². The first-order chi connectivity index (χ1) is 13.8. The van der Waals surface area contributed by atoms with Crippen molar-refractivity contribution in [3.05, 3.63) is 73.3 Å². The maximum absolute atomic E-state index is 12.0. The molecule has 0 atom stereocenters. The van der Waals surface area contributed by atoms with Crippen molar-refractivity contribution < 1.29 is 4.79 Å². The number of benzene rings is 1. The molecule has 0 spiro atoms. The van der Waals surface area contributed by atoms with Crippen LogP contribution in [0.4, 0.5) is 10.6 Å². The Morgan fingerprint density at radius 3 is 2.79 bits per heavy atom. The third-order valence-corrected chi connectivity index (χ3v) is 4.04. The minimum Gasteiger partial charge on any atom is -0.334 e. The SMILES string of the molecule is C=CCNC(=O)Nc1ncnc2c1nc(-n1cccn1)n2Cc1ccccc1. The molecule has 0 aliphatic carbocycles. The number of urea groups is 1. The topological polar surface area (TPSA) is 103 Å². The Balaban J connectivity index is 1.79. The molecular formula is C19H18N8O. The first-order valence-corrected chi connectivity index (χ1v) is 8.67. The summed E-state index contributed by atoms with van der Waals surface area (Å²) in [6.07, 6.45) is 6.49. The molecule has 0 saturated carbocycles. The van der Waals surface area contributed by atoms with Gasteiger partial charge in [0.25, 0.3) is 0 Å². The molecule has 0 aliphatic heterocycles. The number of rotatable bonds is 6. The second-order valence-electron chi connectivity index (χ2n) is 5.95. The fourth-order valence-corrected chi connectivity index (χ4v) is 2.81. The van der Waals surface area contributed by atoms with Crippen LogP contribution >= 0.6 is 0 Å². The lowest BCUT2D eigenvalue weighted by Crippen LogP contribution is -2.29. The van der Waals surface area contributed by atoms with Gasteiger partial charge in [0.1, 0.15) is 6.33 Å². The number of anilines is 1. The van der Waals surface area contributed by atoms with E-state index in [-0.39, 0.29) is 0 Å². The molecule has 0 fully saturated rings. The molecule has 0 unspecified atom stereocenters. The predicted molar refractivity (Wildman–Crippen MR) is 105 cm³/mol. The number of imidazole rings is 1. The summed E-state index contributed by atoms with van der Waals surface area (Å²) in [6.45, 7) is 4.47. The number of hydrogen-bond acceptors (Lipinski definition) is 5. The molecule has 4 rings (SSSR count). The van der Waals surface area contributed by atoms with Gasteiger partial charge in [-0.15, -0.1) is 6.58 Å². The molecule has 3 heterocycles. The molecule has 0 radical (unpaired) electrons. The first kappa shape index (κ1) is 17.4. The summed E-state index contributed by atoms with van der Waals surface area (Å²) >= 11 is 0. The second kappa shape index (κ2) is 7.70. The number of nitrogens with zero attached hydrogens (tertiary/aromatic N) is 6. The molecule has 9 heteroatoms. The summed E-state index contributed by atoms with van der Waals surface area (Å²) in [5, 5.41) is 9.66. The summed E-state index contributed by atoms with van der Waals surface area (Å²) in [4.78, 5) is 25.3. The van der Waals surface area contributed by atoms with Gasteiger partial charge in [-0.1, -0.05) is 36.4 Å². The van der Waals surface area contributed by atoms with Gasteiger partial charge in [0, 0.05) is 18.9 Å². The Labute approximate surface area is 160 Å². The lowest BCUT2D eigenvalue weighted by molar-refractivity contribution is 0.253. The smallest absolute Gasteiger partial charge is 0.320 e. The van der Waals surface area contributed by atoms with Crippen LogP contribution in [0.25, 0.3) is 17.1 Å². The minimum atomic E-state index is -0.391. The molecule has 140 valence electrons. The van der Waals surface area contributed by atoms with Crippen LogP contribution < -0.4 is 10.6 Å². The minimum absolute atomic E-state index is 0.326. The molecule has 9 nitrogen and oxygen atoms in total. The maximum Gasteiger partial charge on any atom is 0.320 e. The van der Waals surface area contributed by atoms with Crippen molar-refractivity contribution in [1.82, 2.24) is 34.6 Å². The molecule has 0 saturated heterocycles. The van der Waals surface area contributed by atoms with Gasteiger partial charge in [0.15, 0.2) is 17.0 Å². The zero-order chi connectivity index (χ0) is 19.3. The van der Waals surface area contributed by atoms with E-state index in [1.807, 2.05) is 41.0 Å². The average Bonchev–Trinajstić information content (AvgIpc) is 3.36. The van der Waals surface area contributed by atoms with E-state index in [1.54, 1.807) is 23.2 Å². The van der Waals surface area contributed by atoms with Crippen LogP contribution in [0.1, 0.15) is 5.56 Å². The van der Waals surface area contributed by atoms with Gasteiger partial charge in [0.2, 0.25) is 5.95 Å². The highest BCUT2D eigenvalue weighted by Gasteiger charge is 2.18. The van der Waals surface area contributed by atoms with Crippen molar-refractivity contribution in [2.75, 3.05) is 11.9 Å². The summed E-state index contributed by atoms with van der Waals surface area (Å²) in [5.41, 5.74) is 2.17. The van der Waals surface area contributed by atoms with Crippen LogP contribution in [0.2, 0.25) is 0 Å². The quantitative estimate of drug-likeness (QED) is 0.505. The maximum atomic E-state index is 12.0. The van der Waals surface area contributed by atoms with Gasteiger partial charge in [0.05, 0.1) is 6.54 Å². The Morgan fingerprint density at radius 2 is 2.04 bits per heavy atom. The molecular weight excluding hydrogens is 356 g/mol. The Hall–Kier alpha value is -4.01. The molecule has 3 aromatic heterocycles. The van der Waals surface area contributed by atoms with Gasteiger partial charge in [-0.3, -0.25) is 9.88 Å². The van der Waals surface area contributed by atoms with E-state index in [0.29, 0.717) is 36.0 Å². The number of hydrogen-bond donors (Lipinski definition) is 2. The molecule has 2 N–H and O–H groups in total. The summed E-state index contributed by atoms with van der Waals surface area (Å²) in [6, 6.07) is 11.4. The van der Waals surface area contributed by atoms with Crippen molar-refractivity contribution in [1.29, 1.82) is 0 Å². The Kier molecular flexibility index (Phi) is 4.79. The number of carbonyl (C=O) groups excluding carboxylic acids is 1. The van der Waals surface area contributed by atoms with Gasteiger partial charge < -0.3 is 5.32 Å². The largest absolute Gasteiger partial charge is 0.334 e. The average molecular weight is 374 g/mol. The van der Waals surface area contributed by atoms with E-state index < -0.39 is 6.03 Å². The van der Waals surface area contributed by atoms with Crippen LogP contribution in [0, 0.1) is 0 Å². The van der Waals surface area contributed by atoms with E-state index in [2.05, 4.69) is 37.3 Å². The summed E-state index contributed by atoms with van der Waals surface area (Å²) in [5.74, 6) is 0.908. The highest BCUT2D eigenvalue weighted by atomic mass is 16.2. The van der Waals surface area contributed by atoms with Crippen LogP contribution in [-0.2, 0) is 6.54 Å². The Bertz CT molecular complexity index is 1100. The Morgan fingerprint density at radius 1 is 1.18 bits per heavy atom. The first-order valence-electron chi connectivity index (χ1n) is 8.67.